The van der Waals surface area contributed by atoms with E-state index in [-0.39, 0.29) is 48.2 Å². The number of hydrogen-bond acceptors (Lipinski definition) is 5. The molecule has 2 aromatic carbocycles. The molecule has 0 fully saturated rings. The first-order chi connectivity index (χ1) is 16.8. The molecule has 10 heteroatoms. The van der Waals surface area contributed by atoms with Gasteiger partial charge in [-0.3, -0.25) is 14.4 Å². The Morgan fingerprint density at radius 1 is 1.08 bits per heavy atom. The Morgan fingerprint density at radius 3 is 2.31 bits per heavy atom. The summed E-state index contributed by atoms with van der Waals surface area (Å²) in [5, 5.41) is 3.50. The fourth-order valence-corrected chi connectivity index (χ4v) is 5.86. The van der Waals surface area contributed by atoms with Gasteiger partial charge >= 0.3 is 0 Å². The lowest BCUT2D eigenvalue weighted by molar-refractivity contribution is -0.142. The van der Waals surface area contributed by atoms with E-state index in [2.05, 4.69) is 5.32 Å². The highest BCUT2D eigenvalue weighted by Crippen LogP contribution is 2.30. The van der Waals surface area contributed by atoms with Crippen LogP contribution in [0.1, 0.15) is 62.9 Å². The summed E-state index contributed by atoms with van der Waals surface area (Å²) in [6.45, 7) is 7.51. The predicted octanol–water partition coefficient (Wildman–Crippen LogP) is 3.99. The molecule has 1 aliphatic rings. The molecule has 194 valence electrons. The summed E-state index contributed by atoms with van der Waals surface area (Å²) in [4.78, 5) is 40.6. The zero-order valence-electron chi connectivity index (χ0n) is 21.0. The van der Waals surface area contributed by atoms with Crippen molar-refractivity contribution in [3.05, 3.63) is 64.7 Å². The molecule has 3 amide bonds. The van der Waals surface area contributed by atoms with Crippen molar-refractivity contribution in [1.29, 1.82) is 0 Å². The van der Waals surface area contributed by atoms with Crippen LogP contribution < -0.4 is 5.32 Å². The molecule has 0 saturated heterocycles. The standard InChI is InChI=1S/C26H32ClN3O5S/c1-5-21(24(32)28-26(2,3)4)29(17-18-12-14-19(27)15-13-18)23(31)11-8-16-30-25(33)20-9-6-7-10-22(20)36(30,34)35/h6-7,9-10,12-15,21H,5,8,11,16-17H2,1-4H3,(H,28,32). The number of amides is 3. The van der Waals surface area contributed by atoms with Crippen LogP contribution in [0.4, 0.5) is 0 Å². The predicted molar refractivity (Wildman–Crippen MR) is 138 cm³/mol. The average molecular weight is 534 g/mol. The monoisotopic (exact) mass is 533 g/mol. The zero-order chi connectivity index (χ0) is 26.7. The first-order valence-corrected chi connectivity index (χ1v) is 13.7. The van der Waals surface area contributed by atoms with Gasteiger partial charge in [-0.15, -0.1) is 0 Å². The van der Waals surface area contributed by atoms with E-state index in [0.29, 0.717) is 11.4 Å². The Balaban J connectivity index is 1.76. The van der Waals surface area contributed by atoms with E-state index in [0.717, 1.165) is 9.87 Å². The van der Waals surface area contributed by atoms with Crippen molar-refractivity contribution in [2.24, 2.45) is 0 Å². The van der Waals surface area contributed by atoms with Crippen LogP contribution in [0.5, 0.6) is 0 Å². The van der Waals surface area contributed by atoms with Gasteiger partial charge < -0.3 is 10.2 Å². The number of sulfonamides is 1. The molecular weight excluding hydrogens is 502 g/mol. The molecule has 0 aromatic heterocycles. The second kappa shape index (κ2) is 11.0. The number of carbonyl (C=O) groups excluding carboxylic acids is 3. The molecule has 1 heterocycles. The third kappa shape index (κ3) is 6.25. The van der Waals surface area contributed by atoms with Gasteiger partial charge in [-0.25, -0.2) is 12.7 Å². The minimum Gasteiger partial charge on any atom is -0.350 e. The number of nitrogens with zero attached hydrogens (tertiary/aromatic N) is 2. The van der Waals surface area contributed by atoms with Crippen LogP contribution in [-0.4, -0.2) is 53.5 Å². The third-order valence-corrected chi connectivity index (χ3v) is 7.91. The molecule has 1 N–H and O–H groups in total. The number of benzene rings is 2. The minimum atomic E-state index is -3.94. The van der Waals surface area contributed by atoms with E-state index in [1.54, 1.807) is 36.4 Å². The fourth-order valence-electron chi connectivity index (χ4n) is 4.13. The molecule has 1 aliphatic heterocycles. The second-order valence-corrected chi connectivity index (χ2v) is 12.1. The van der Waals surface area contributed by atoms with Crippen LogP contribution in [0.25, 0.3) is 0 Å². The topological polar surface area (TPSA) is 104 Å². The smallest absolute Gasteiger partial charge is 0.269 e. The maximum absolute atomic E-state index is 13.4. The number of nitrogens with one attached hydrogen (secondary N) is 1. The molecule has 0 aliphatic carbocycles. The summed E-state index contributed by atoms with van der Waals surface area (Å²) >= 11 is 6.00. The largest absolute Gasteiger partial charge is 0.350 e. The number of carbonyl (C=O) groups is 3. The van der Waals surface area contributed by atoms with E-state index < -0.39 is 27.5 Å². The molecular formula is C26H32ClN3O5S. The lowest BCUT2D eigenvalue weighted by Gasteiger charge is -2.33. The number of rotatable bonds is 9. The van der Waals surface area contributed by atoms with Gasteiger partial charge in [-0.1, -0.05) is 42.8 Å². The second-order valence-electron chi connectivity index (χ2n) is 9.79. The van der Waals surface area contributed by atoms with Crippen molar-refractivity contribution in [1.82, 2.24) is 14.5 Å². The van der Waals surface area contributed by atoms with Gasteiger partial charge in [-0.2, -0.15) is 0 Å². The Hall–Kier alpha value is -2.91. The van der Waals surface area contributed by atoms with Crippen molar-refractivity contribution < 1.29 is 22.8 Å². The Bertz CT molecular complexity index is 1240. The Kier molecular flexibility index (Phi) is 8.46. The van der Waals surface area contributed by atoms with E-state index in [1.807, 2.05) is 27.7 Å². The normalized spacial score (nSPS) is 15.4. The van der Waals surface area contributed by atoms with E-state index >= 15 is 0 Å². The lowest BCUT2D eigenvalue weighted by atomic mass is 10.0. The number of hydrogen-bond donors (Lipinski definition) is 1. The zero-order valence-corrected chi connectivity index (χ0v) is 22.5. The summed E-state index contributed by atoms with van der Waals surface area (Å²) in [7, 11) is -3.94. The van der Waals surface area contributed by atoms with Crippen molar-refractivity contribution in [2.45, 2.75) is 70.0 Å². The first kappa shape index (κ1) is 27.7. The summed E-state index contributed by atoms with van der Waals surface area (Å²) in [6.07, 6.45) is 0.504. The first-order valence-electron chi connectivity index (χ1n) is 11.9. The van der Waals surface area contributed by atoms with Gasteiger partial charge in [0.1, 0.15) is 10.9 Å². The summed E-state index contributed by atoms with van der Waals surface area (Å²) in [5.41, 5.74) is 0.472. The average Bonchev–Trinajstić information content (AvgIpc) is 2.99. The molecule has 36 heavy (non-hydrogen) atoms. The van der Waals surface area contributed by atoms with Gasteiger partial charge in [0, 0.05) is 30.1 Å². The minimum absolute atomic E-state index is 0.0180. The maximum Gasteiger partial charge on any atom is 0.269 e. The molecule has 0 spiro atoms. The van der Waals surface area contributed by atoms with Crippen LogP contribution in [-0.2, 0) is 26.2 Å². The van der Waals surface area contributed by atoms with Gasteiger partial charge in [0.05, 0.1) is 5.56 Å². The third-order valence-electron chi connectivity index (χ3n) is 5.81. The molecule has 0 radical (unpaired) electrons. The number of halogens is 1. The molecule has 2 aromatic rings. The highest BCUT2D eigenvalue weighted by molar-refractivity contribution is 7.90. The quantitative estimate of drug-likeness (QED) is 0.525. The highest BCUT2D eigenvalue weighted by Gasteiger charge is 2.40. The highest BCUT2D eigenvalue weighted by atomic mass is 35.5. The van der Waals surface area contributed by atoms with Crippen molar-refractivity contribution in [2.75, 3.05) is 6.54 Å². The Morgan fingerprint density at radius 2 is 1.72 bits per heavy atom. The molecule has 1 unspecified atom stereocenters. The van der Waals surface area contributed by atoms with Crippen LogP contribution in [0.15, 0.2) is 53.4 Å². The van der Waals surface area contributed by atoms with Crippen LogP contribution in [0.2, 0.25) is 5.02 Å². The van der Waals surface area contributed by atoms with E-state index in [4.69, 9.17) is 11.6 Å². The van der Waals surface area contributed by atoms with Gasteiger partial charge in [0.2, 0.25) is 11.8 Å². The summed E-state index contributed by atoms with van der Waals surface area (Å²) < 4.78 is 26.4. The van der Waals surface area contributed by atoms with Crippen LogP contribution in [0.3, 0.4) is 0 Å². The van der Waals surface area contributed by atoms with Gasteiger partial charge in [-0.05, 0) is 63.4 Å². The van der Waals surface area contributed by atoms with Gasteiger partial charge in [0.25, 0.3) is 15.9 Å². The van der Waals surface area contributed by atoms with Crippen molar-refractivity contribution in [3.8, 4) is 0 Å². The molecule has 8 nitrogen and oxygen atoms in total. The molecule has 1 atom stereocenters. The van der Waals surface area contributed by atoms with E-state index in [1.165, 1.54) is 17.0 Å². The number of fused-ring (bicyclic) bond motifs is 1. The van der Waals surface area contributed by atoms with Crippen molar-refractivity contribution >= 4 is 39.3 Å². The fraction of sp³-hybridized carbons (Fsp3) is 0.423. The SMILES string of the molecule is CCC(C(=O)NC(C)(C)C)N(Cc1ccc(Cl)cc1)C(=O)CCCN1C(=O)c2ccccc2S1(=O)=O. The Labute approximate surface area is 217 Å². The lowest BCUT2D eigenvalue weighted by Crippen LogP contribution is -2.53. The molecule has 0 bridgehead atoms. The summed E-state index contributed by atoms with van der Waals surface area (Å²) in [5.74, 6) is -1.16. The van der Waals surface area contributed by atoms with Crippen LogP contribution >= 0.6 is 11.6 Å². The van der Waals surface area contributed by atoms with Crippen molar-refractivity contribution in [3.63, 3.8) is 0 Å². The summed E-state index contributed by atoms with van der Waals surface area (Å²) in [6, 6.07) is 12.4. The molecule has 0 saturated carbocycles. The van der Waals surface area contributed by atoms with Gasteiger partial charge in [0.15, 0.2) is 0 Å². The molecule has 3 rings (SSSR count). The maximum atomic E-state index is 13.4. The van der Waals surface area contributed by atoms with E-state index in [9.17, 15) is 22.8 Å². The van der Waals surface area contributed by atoms with Crippen LogP contribution in [0, 0.1) is 0 Å².